The average Bonchev–Trinajstić information content (AvgIpc) is 3.27. The maximum absolute atomic E-state index is 12.5. The SMILES string of the molecule is C/C=C/C(=O)OC1CC2OC3C=C(C)C(=O)CC3(C)C1(C)C21CO1. The van der Waals surface area contributed by atoms with E-state index in [0.29, 0.717) is 19.4 Å². The number of ether oxygens (including phenoxy) is 3. The molecule has 0 aromatic heterocycles. The highest BCUT2D eigenvalue weighted by Gasteiger charge is 2.82. The van der Waals surface area contributed by atoms with E-state index in [2.05, 4.69) is 13.8 Å². The van der Waals surface area contributed by atoms with Gasteiger partial charge in [-0.2, -0.15) is 0 Å². The minimum atomic E-state index is -0.450. The van der Waals surface area contributed by atoms with E-state index in [4.69, 9.17) is 14.2 Å². The highest BCUT2D eigenvalue weighted by atomic mass is 16.6. The summed E-state index contributed by atoms with van der Waals surface area (Å²) in [5.74, 6) is -0.209. The fourth-order valence-corrected chi connectivity index (χ4v) is 5.21. The van der Waals surface area contributed by atoms with Gasteiger partial charge in [-0.05, 0) is 25.5 Å². The summed E-state index contributed by atoms with van der Waals surface area (Å²) in [5.41, 5.74) is -0.569. The zero-order valence-corrected chi connectivity index (χ0v) is 14.6. The normalized spacial score (nSPS) is 49.2. The lowest BCUT2D eigenvalue weighted by Gasteiger charge is -2.56. The van der Waals surface area contributed by atoms with Crippen LogP contribution >= 0.6 is 0 Å². The van der Waals surface area contributed by atoms with Gasteiger partial charge >= 0.3 is 5.97 Å². The standard InChI is InChI=1S/C19H24O5/c1-5-6-16(21)24-14-8-15-19(10-22-19)18(14,4)17(3)9-12(20)11(2)7-13(17)23-15/h5-7,13-15H,8-10H2,1-4H3/b6-5+. The zero-order valence-electron chi connectivity index (χ0n) is 14.6. The molecule has 0 aromatic carbocycles. The number of allylic oxidation sites excluding steroid dienone is 2. The summed E-state index contributed by atoms with van der Waals surface area (Å²) in [6, 6.07) is 0. The second-order valence-electron chi connectivity index (χ2n) is 7.95. The van der Waals surface area contributed by atoms with E-state index in [9.17, 15) is 9.59 Å². The Bertz CT molecular complexity index is 673. The van der Waals surface area contributed by atoms with Gasteiger partial charge in [-0.3, -0.25) is 4.79 Å². The van der Waals surface area contributed by atoms with Crippen LogP contribution in [0.5, 0.6) is 0 Å². The van der Waals surface area contributed by atoms with Crippen molar-refractivity contribution in [2.24, 2.45) is 10.8 Å². The molecule has 4 rings (SSSR count). The number of hydrogen-bond donors (Lipinski definition) is 0. The van der Waals surface area contributed by atoms with Crippen molar-refractivity contribution in [1.29, 1.82) is 0 Å². The Hall–Kier alpha value is -1.46. The van der Waals surface area contributed by atoms with E-state index in [1.165, 1.54) is 6.08 Å². The summed E-state index contributed by atoms with van der Waals surface area (Å²) in [7, 11) is 0. The molecule has 0 amide bonds. The Morgan fingerprint density at radius 2 is 2.12 bits per heavy atom. The molecule has 2 bridgehead atoms. The molecule has 5 heteroatoms. The third kappa shape index (κ3) is 1.72. The number of rotatable bonds is 2. The Morgan fingerprint density at radius 3 is 2.75 bits per heavy atom. The lowest BCUT2D eigenvalue weighted by molar-refractivity contribution is -0.208. The van der Waals surface area contributed by atoms with Crippen molar-refractivity contribution in [1.82, 2.24) is 0 Å². The summed E-state index contributed by atoms with van der Waals surface area (Å²) < 4.78 is 18.1. The smallest absolute Gasteiger partial charge is 0.330 e. The average molecular weight is 332 g/mol. The van der Waals surface area contributed by atoms with E-state index < -0.39 is 16.4 Å². The Labute approximate surface area is 142 Å². The maximum atomic E-state index is 12.5. The van der Waals surface area contributed by atoms with Crippen molar-refractivity contribution >= 4 is 11.8 Å². The molecule has 2 saturated heterocycles. The van der Waals surface area contributed by atoms with Gasteiger partial charge in [-0.15, -0.1) is 0 Å². The largest absolute Gasteiger partial charge is 0.458 e. The first kappa shape index (κ1) is 16.0. The molecule has 1 spiro atoms. The van der Waals surface area contributed by atoms with E-state index in [-0.39, 0.29) is 30.1 Å². The lowest BCUT2D eigenvalue weighted by atomic mass is 9.52. The van der Waals surface area contributed by atoms with Gasteiger partial charge in [0.2, 0.25) is 0 Å². The molecule has 130 valence electrons. The number of ketones is 1. The van der Waals surface area contributed by atoms with Gasteiger partial charge in [-0.1, -0.05) is 19.9 Å². The van der Waals surface area contributed by atoms with Crippen LogP contribution < -0.4 is 0 Å². The van der Waals surface area contributed by atoms with E-state index in [0.717, 1.165) is 5.57 Å². The van der Waals surface area contributed by atoms with Crippen molar-refractivity contribution in [3.63, 3.8) is 0 Å². The Balaban J connectivity index is 1.78. The maximum Gasteiger partial charge on any atom is 0.330 e. The van der Waals surface area contributed by atoms with Crippen LogP contribution in [0.1, 0.15) is 40.5 Å². The molecule has 3 fully saturated rings. The first-order chi connectivity index (χ1) is 11.3. The van der Waals surface area contributed by atoms with Gasteiger partial charge in [0, 0.05) is 29.7 Å². The molecule has 1 saturated carbocycles. The number of epoxide rings is 1. The fourth-order valence-electron chi connectivity index (χ4n) is 5.21. The topological polar surface area (TPSA) is 65.1 Å². The summed E-state index contributed by atoms with van der Waals surface area (Å²) in [5, 5.41) is 0. The van der Waals surface area contributed by atoms with Crippen molar-refractivity contribution in [3.8, 4) is 0 Å². The predicted molar refractivity (Wildman–Crippen MR) is 86.3 cm³/mol. The van der Waals surface area contributed by atoms with Crippen molar-refractivity contribution in [2.75, 3.05) is 6.61 Å². The van der Waals surface area contributed by atoms with Gasteiger partial charge < -0.3 is 14.2 Å². The van der Waals surface area contributed by atoms with Gasteiger partial charge in [0.15, 0.2) is 5.78 Å². The van der Waals surface area contributed by atoms with Gasteiger partial charge in [0.1, 0.15) is 11.7 Å². The van der Waals surface area contributed by atoms with Crippen molar-refractivity contribution < 1.29 is 23.8 Å². The number of hydrogen-bond acceptors (Lipinski definition) is 5. The molecule has 2 aliphatic carbocycles. The van der Waals surface area contributed by atoms with Gasteiger partial charge in [0.05, 0.1) is 18.8 Å². The number of carbonyl (C=O) groups is 2. The monoisotopic (exact) mass is 332 g/mol. The number of carbonyl (C=O) groups excluding carboxylic acids is 2. The summed E-state index contributed by atoms with van der Waals surface area (Å²) in [6.45, 7) is 8.43. The third-order valence-corrected chi connectivity index (χ3v) is 6.98. The molecule has 2 aliphatic heterocycles. The summed E-state index contributed by atoms with van der Waals surface area (Å²) in [6.07, 6.45) is 5.51. The van der Waals surface area contributed by atoms with Crippen molar-refractivity contribution in [2.45, 2.75) is 64.4 Å². The highest BCUT2D eigenvalue weighted by Crippen LogP contribution is 2.71. The molecule has 2 heterocycles. The van der Waals surface area contributed by atoms with Gasteiger partial charge in [0.25, 0.3) is 0 Å². The van der Waals surface area contributed by atoms with Crippen LogP contribution in [0.15, 0.2) is 23.8 Å². The molecule has 5 nitrogen and oxygen atoms in total. The predicted octanol–water partition coefficient (Wildman–Crippen LogP) is 2.35. The van der Waals surface area contributed by atoms with E-state index in [1.54, 1.807) is 13.0 Å². The quantitative estimate of drug-likeness (QED) is 0.441. The molecular weight excluding hydrogens is 308 g/mol. The molecule has 6 unspecified atom stereocenters. The van der Waals surface area contributed by atoms with Crippen LogP contribution in [0.2, 0.25) is 0 Å². The number of fused-ring (bicyclic) bond motifs is 2. The molecule has 4 aliphatic rings. The minimum absolute atomic E-state index is 0.0961. The first-order valence-electron chi connectivity index (χ1n) is 8.63. The molecule has 0 radical (unpaired) electrons. The lowest BCUT2D eigenvalue weighted by Crippen LogP contribution is -2.64. The third-order valence-electron chi connectivity index (χ3n) is 6.98. The summed E-state index contributed by atoms with van der Waals surface area (Å²) in [4.78, 5) is 24.5. The second-order valence-corrected chi connectivity index (χ2v) is 7.95. The number of Topliss-reactive ketones (excluding diaryl/α,β-unsaturated/α-hetero) is 1. The van der Waals surface area contributed by atoms with Crippen LogP contribution in [0, 0.1) is 10.8 Å². The van der Waals surface area contributed by atoms with E-state index in [1.807, 2.05) is 13.0 Å². The molecule has 0 N–H and O–H groups in total. The van der Waals surface area contributed by atoms with Crippen LogP contribution in [0.3, 0.4) is 0 Å². The van der Waals surface area contributed by atoms with Crippen LogP contribution in [-0.4, -0.2) is 42.3 Å². The first-order valence-corrected chi connectivity index (χ1v) is 8.63. The minimum Gasteiger partial charge on any atom is -0.458 e. The van der Waals surface area contributed by atoms with Gasteiger partial charge in [-0.25, -0.2) is 4.79 Å². The van der Waals surface area contributed by atoms with Crippen LogP contribution in [0.25, 0.3) is 0 Å². The number of esters is 1. The molecule has 24 heavy (non-hydrogen) atoms. The summed E-state index contributed by atoms with van der Waals surface area (Å²) >= 11 is 0. The Morgan fingerprint density at radius 1 is 1.42 bits per heavy atom. The molecular formula is C19H24O5. The molecule has 0 aromatic rings. The van der Waals surface area contributed by atoms with Crippen LogP contribution in [-0.2, 0) is 23.8 Å². The second kappa shape index (κ2) is 4.79. The Kier molecular flexibility index (Phi) is 3.20. The van der Waals surface area contributed by atoms with Crippen molar-refractivity contribution in [3.05, 3.63) is 23.8 Å². The zero-order chi connectivity index (χ0) is 17.3. The van der Waals surface area contributed by atoms with Crippen LogP contribution in [0.4, 0.5) is 0 Å². The molecule has 6 atom stereocenters. The highest BCUT2D eigenvalue weighted by molar-refractivity contribution is 5.96. The fraction of sp³-hybridized carbons (Fsp3) is 0.684. The van der Waals surface area contributed by atoms with E-state index >= 15 is 0 Å².